The van der Waals surface area contributed by atoms with E-state index in [0.29, 0.717) is 24.1 Å². The summed E-state index contributed by atoms with van der Waals surface area (Å²) in [5, 5.41) is 0.782. The lowest BCUT2D eigenvalue weighted by atomic mass is 9.89. The normalized spacial score (nSPS) is 15.9. The molecule has 0 bridgehead atoms. The van der Waals surface area contributed by atoms with Crippen molar-refractivity contribution in [3.8, 4) is 22.9 Å². The number of methoxy groups -OCH3 is 1. The van der Waals surface area contributed by atoms with Gasteiger partial charge in [-0.25, -0.2) is 4.98 Å². The monoisotopic (exact) mass is 426 g/mol. The highest BCUT2D eigenvalue weighted by Gasteiger charge is 2.23. The highest BCUT2D eigenvalue weighted by Crippen LogP contribution is 2.37. The number of aryl methyl sites for hydroxylation is 1. The van der Waals surface area contributed by atoms with Crippen molar-refractivity contribution in [3.63, 3.8) is 0 Å². The molecule has 0 radical (unpaired) electrons. The largest absolute Gasteiger partial charge is 0.493 e. The summed E-state index contributed by atoms with van der Waals surface area (Å²) in [4.78, 5) is 22.8. The van der Waals surface area contributed by atoms with Gasteiger partial charge in [0.1, 0.15) is 10.7 Å². The van der Waals surface area contributed by atoms with Gasteiger partial charge in [-0.05, 0) is 55.4 Å². The number of benzene rings is 1. The summed E-state index contributed by atoms with van der Waals surface area (Å²) in [6.07, 6.45) is 7.79. The number of thiophene rings is 1. The van der Waals surface area contributed by atoms with Crippen molar-refractivity contribution < 1.29 is 9.47 Å². The minimum Gasteiger partial charge on any atom is -0.493 e. The predicted octanol–water partition coefficient (Wildman–Crippen LogP) is 5.74. The minimum atomic E-state index is -0.0442. The van der Waals surface area contributed by atoms with Crippen molar-refractivity contribution in [3.05, 3.63) is 39.0 Å². The van der Waals surface area contributed by atoms with E-state index in [9.17, 15) is 4.79 Å². The minimum absolute atomic E-state index is 0.0442. The molecule has 3 aromatic rings. The molecule has 1 atom stereocenters. The second-order valence-corrected chi connectivity index (χ2v) is 9.30. The third-order valence-electron chi connectivity index (χ3n) is 5.86. The molecule has 1 aliphatic carbocycles. The molecule has 0 saturated heterocycles. The van der Waals surface area contributed by atoms with Crippen LogP contribution in [0.15, 0.2) is 23.0 Å². The number of hydrogen-bond acceptors (Lipinski definition) is 5. The average molecular weight is 427 g/mol. The molecule has 4 rings (SSSR count). The lowest BCUT2D eigenvalue weighted by Gasteiger charge is -2.17. The van der Waals surface area contributed by atoms with Gasteiger partial charge in [-0.15, -0.1) is 11.3 Å². The first kappa shape index (κ1) is 20.9. The Bertz CT molecular complexity index is 1090. The summed E-state index contributed by atoms with van der Waals surface area (Å²) >= 11 is 1.67. The Morgan fingerprint density at radius 2 is 2.10 bits per heavy atom. The fourth-order valence-corrected chi connectivity index (χ4v) is 5.51. The van der Waals surface area contributed by atoms with Crippen molar-refractivity contribution in [1.29, 1.82) is 0 Å². The highest BCUT2D eigenvalue weighted by atomic mass is 32.1. The summed E-state index contributed by atoms with van der Waals surface area (Å²) in [6.45, 7) is 5.15. The van der Waals surface area contributed by atoms with Gasteiger partial charge in [0, 0.05) is 10.4 Å². The molecule has 0 spiro atoms. The van der Waals surface area contributed by atoms with E-state index in [2.05, 4.69) is 18.8 Å². The highest BCUT2D eigenvalue weighted by molar-refractivity contribution is 7.18. The number of H-pyrrole nitrogens is 1. The quantitative estimate of drug-likeness (QED) is 0.466. The van der Waals surface area contributed by atoms with Crippen LogP contribution in [-0.4, -0.2) is 23.7 Å². The number of nitrogens with one attached hydrogen (secondary N) is 1. The van der Waals surface area contributed by atoms with Gasteiger partial charge in [0.15, 0.2) is 11.5 Å². The average Bonchev–Trinajstić information content (AvgIpc) is 3.11. The summed E-state index contributed by atoms with van der Waals surface area (Å²) in [5.41, 5.74) is 1.99. The molecule has 1 unspecified atom stereocenters. The molecule has 2 heterocycles. The zero-order valence-corrected chi connectivity index (χ0v) is 18.9. The molecule has 1 aliphatic rings. The van der Waals surface area contributed by atoms with Crippen molar-refractivity contribution in [1.82, 2.24) is 9.97 Å². The van der Waals surface area contributed by atoms with Crippen molar-refractivity contribution in [2.24, 2.45) is 5.92 Å². The van der Waals surface area contributed by atoms with Crippen LogP contribution < -0.4 is 15.0 Å². The Kier molecular flexibility index (Phi) is 6.42. The van der Waals surface area contributed by atoms with Crippen LogP contribution in [0.2, 0.25) is 0 Å². The van der Waals surface area contributed by atoms with Gasteiger partial charge < -0.3 is 14.5 Å². The summed E-state index contributed by atoms with van der Waals surface area (Å²) in [5.74, 6) is 2.63. The molecule has 2 aromatic heterocycles. The van der Waals surface area contributed by atoms with Crippen LogP contribution in [0.3, 0.4) is 0 Å². The van der Waals surface area contributed by atoms with Crippen LogP contribution >= 0.6 is 11.3 Å². The van der Waals surface area contributed by atoms with E-state index >= 15 is 0 Å². The van der Waals surface area contributed by atoms with Crippen LogP contribution in [-0.2, 0) is 12.8 Å². The van der Waals surface area contributed by atoms with Crippen LogP contribution in [0, 0.1) is 5.92 Å². The van der Waals surface area contributed by atoms with Gasteiger partial charge in [0.25, 0.3) is 5.56 Å². The Balaban J connectivity index is 1.61. The number of nitrogens with zero attached hydrogens (tertiary/aromatic N) is 1. The lowest BCUT2D eigenvalue weighted by Crippen LogP contribution is -2.13. The van der Waals surface area contributed by atoms with Crippen LogP contribution in [0.25, 0.3) is 21.6 Å². The molecule has 0 amide bonds. The van der Waals surface area contributed by atoms with E-state index in [-0.39, 0.29) is 5.56 Å². The fraction of sp³-hybridized carbons (Fsp3) is 0.500. The maximum absolute atomic E-state index is 12.9. The van der Waals surface area contributed by atoms with E-state index in [4.69, 9.17) is 14.5 Å². The smallest absolute Gasteiger partial charge is 0.260 e. The van der Waals surface area contributed by atoms with Gasteiger partial charge in [-0.3, -0.25) is 4.79 Å². The van der Waals surface area contributed by atoms with Crippen LogP contribution in [0.1, 0.15) is 56.4 Å². The van der Waals surface area contributed by atoms with Crippen molar-refractivity contribution >= 4 is 21.6 Å². The van der Waals surface area contributed by atoms with Gasteiger partial charge in [-0.2, -0.15) is 0 Å². The zero-order chi connectivity index (χ0) is 21.1. The topological polar surface area (TPSA) is 64.2 Å². The van der Waals surface area contributed by atoms with Gasteiger partial charge in [0.05, 0.1) is 19.1 Å². The van der Waals surface area contributed by atoms with E-state index in [1.807, 2.05) is 18.2 Å². The van der Waals surface area contributed by atoms with Crippen molar-refractivity contribution in [2.75, 3.05) is 13.7 Å². The molecule has 160 valence electrons. The van der Waals surface area contributed by atoms with E-state index in [0.717, 1.165) is 47.2 Å². The van der Waals surface area contributed by atoms with E-state index < -0.39 is 0 Å². The first-order valence-corrected chi connectivity index (χ1v) is 11.8. The maximum atomic E-state index is 12.9. The summed E-state index contributed by atoms with van der Waals surface area (Å²) in [6, 6.07) is 5.73. The number of aromatic nitrogens is 2. The third-order valence-corrected chi connectivity index (χ3v) is 7.01. The molecule has 0 aliphatic heterocycles. The number of aromatic amines is 1. The summed E-state index contributed by atoms with van der Waals surface area (Å²) < 4.78 is 11.4. The Hall–Kier alpha value is -2.34. The number of unbranched alkanes of at least 4 members (excludes halogenated alkanes) is 3. The zero-order valence-electron chi connectivity index (χ0n) is 18.0. The molecule has 30 heavy (non-hydrogen) atoms. The fourth-order valence-electron chi connectivity index (χ4n) is 4.13. The molecular weight excluding hydrogens is 396 g/mol. The third kappa shape index (κ3) is 4.24. The lowest BCUT2D eigenvalue weighted by molar-refractivity contribution is 0.285. The molecule has 0 fully saturated rings. The number of fused-ring (bicyclic) bond motifs is 3. The van der Waals surface area contributed by atoms with Gasteiger partial charge in [-0.1, -0.05) is 33.1 Å². The second-order valence-electron chi connectivity index (χ2n) is 8.22. The number of hydrogen-bond donors (Lipinski definition) is 1. The first-order chi connectivity index (χ1) is 14.6. The SMILES string of the molecule is CCCCCCOc1ccc(-c2nc3sc4c(c3c(=O)[nH]2)CCC(C)C4)cc1OC. The van der Waals surface area contributed by atoms with Crippen LogP contribution in [0.4, 0.5) is 0 Å². The molecule has 1 N–H and O–H groups in total. The molecule has 5 nitrogen and oxygen atoms in total. The first-order valence-electron chi connectivity index (χ1n) is 11.0. The van der Waals surface area contributed by atoms with E-state index in [1.165, 1.54) is 29.7 Å². The molecule has 1 aromatic carbocycles. The maximum Gasteiger partial charge on any atom is 0.260 e. The Morgan fingerprint density at radius 1 is 1.23 bits per heavy atom. The molecular formula is C24H30N2O3S. The van der Waals surface area contributed by atoms with Gasteiger partial charge in [0.2, 0.25) is 0 Å². The standard InChI is InChI=1S/C24H30N2O3S/c1-4-5-6-7-12-29-18-11-9-16(14-19(18)28-3)22-25-23(27)21-17-10-8-15(2)13-20(17)30-24(21)26-22/h9,11,14-15H,4-8,10,12-13H2,1-3H3,(H,25,26,27). The number of rotatable bonds is 8. The Labute approximate surface area is 181 Å². The van der Waals surface area contributed by atoms with Crippen LogP contribution in [0.5, 0.6) is 11.5 Å². The van der Waals surface area contributed by atoms with Gasteiger partial charge >= 0.3 is 0 Å². The number of ether oxygens (including phenoxy) is 2. The molecule has 0 saturated carbocycles. The Morgan fingerprint density at radius 3 is 2.90 bits per heavy atom. The summed E-state index contributed by atoms with van der Waals surface area (Å²) in [7, 11) is 1.64. The second kappa shape index (κ2) is 9.21. The van der Waals surface area contributed by atoms with Crippen molar-refractivity contribution in [2.45, 2.75) is 58.8 Å². The molecule has 6 heteroatoms. The predicted molar refractivity (Wildman–Crippen MR) is 123 cm³/mol. The van der Waals surface area contributed by atoms with E-state index in [1.54, 1.807) is 18.4 Å².